The molecule has 7 heteroatoms. The molecule has 0 amide bonds. The van der Waals surface area contributed by atoms with E-state index >= 15 is 0 Å². The van der Waals surface area contributed by atoms with Gasteiger partial charge in [0.2, 0.25) is 0 Å². The lowest BCUT2D eigenvalue weighted by atomic mass is 9.43. The Labute approximate surface area is 293 Å². The number of fused-ring (bicyclic) bond motifs is 10. The Kier molecular flexibility index (Phi) is 9.53. The summed E-state index contributed by atoms with van der Waals surface area (Å²) in [6.45, 7) is 9.04. The molecule has 8 rings (SSSR count). The number of carboxylic acids is 1. The number of phenolic OH excluding ortho intramolecular Hbond substituents is 1. The van der Waals surface area contributed by atoms with E-state index in [9.17, 15) is 30.3 Å². The minimum atomic E-state index is -0.748. The van der Waals surface area contributed by atoms with Crippen molar-refractivity contribution >= 4 is 5.97 Å². The summed E-state index contributed by atoms with van der Waals surface area (Å²) in [6, 6.07) is 5.96. The standard InChI is InChI=1S/C24H40O5.C18H24O2/c1-13(4-7-21(28)29)16-5-6-17-22-18(12-20(27)24(16,17)3)23(2)9-8-15(25)10-14(23)11-19(22)26;1-18-9-8-14-13-5-3-12(19)10-11(13)2-4-15(14)16(18)6-7-17(18)20/h13-20,22,25-27H,4-12H2,1-3H3,(H,28,29);3,5,10,14-17,19-20H,2,4,6-9H2,1H3/t13-,14+,15-,16-,17+,18+,19-,20+,22+,23+,24-;14-,15-,16+,17+,18+/m11/s1. The van der Waals surface area contributed by atoms with Gasteiger partial charge in [0.25, 0.3) is 0 Å². The van der Waals surface area contributed by atoms with Crippen LogP contribution in [0.2, 0.25) is 0 Å². The van der Waals surface area contributed by atoms with Crippen molar-refractivity contribution in [2.75, 3.05) is 0 Å². The summed E-state index contributed by atoms with van der Waals surface area (Å²) in [6.07, 6.45) is 12.8. The van der Waals surface area contributed by atoms with Gasteiger partial charge in [-0.3, -0.25) is 4.79 Å². The van der Waals surface area contributed by atoms with Crippen LogP contribution in [0.5, 0.6) is 5.75 Å². The number of aliphatic carboxylic acids is 1. The molecule has 0 radical (unpaired) electrons. The molecule has 7 aliphatic rings. The number of carbonyl (C=O) groups is 1. The Morgan fingerprint density at radius 2 is 1.57 bits per heavy atom. The first-order valence-electron chi connectivity index (χ1n) is 19.9. The number of hydrogen-bond donors (Lipinski definition) is 6. The van der Waals surface area contributed by atoms with Crippen LogP contribution in [-0.4, -0.2) is 61.0 Å². The average molecular weight is 681 g/mol. The Hall–Kier alpha value is -1.67. The third kappa shape index (κ3) is 5.80. The topological polar surface area (TPSA) is 138 Å². The van der Waals surface area contributed by atoms with Crippen LogP contribution in [0, 0.1) is 63.6 Å². The average Bonchev–Trinajstić information content (AvgIpc) is 3.57. The molecule has 1 aromatic rings. The summed E-state index contributed by atoms with van der Waals surface area (Å²) >= 11 is 0. The van der Waals surface area contributed by atoms with E-state index in [4.69, 9.17) is 5.11 Å². The van der Waals surface area contributed by atoms with E-state index in [1.165, 1.54) is 30.4 Å². The third-order valence-electron chi connectivity index (χ3n) is 17.0. The minimum absolute atomic E-state index is 0.0883. The van der Waals surface area contributed by atoms with E-state index < -0.39 is 12.1 Å². The molecule has 0 spiro atoms. The number of aliphatic hydroxyl groups excluding tert-OH is 4. The van der Waals surface area contributed by atoms with Gasteiger partial charge >= 0.3 is 5.97 Å². The summed E-state index contributed by atoms with van der Waals surface area (Å²) in [4.78, 5) is 11.1. The van der Waals surface area contributed by atoms with Gasteiger partial charge in [-0.25, -0.2) is 0 Å². The first-order valence-corrected chi connectivity index (χ1v) is 19.9. The predicted molar refractivity (Wildman–Crippen MR) is 189 cm³/mol. The molecule has 6 N–H and O–H groups in total. The van der Waals surface area contributed by atoms with Gasteiger partial charge in [0.15, 0.2) is 0 Å². The van der Waals surface area contributed by atoms with Gasteiger partial charge in [0.05, 0.1) is 24.4 Å². The highest BCUT2D eigenvalue weighted by atomic mass is 16.4. The Morgan fingerprint density at radius 3 is 2.33 bits per heavy atom. The molecule has 6 fully saturated rings. The molecular weight excluding hydrogens is 616 g/mol. The first-order chi connectivity index (χ1) is 23.2. The number of phenols is 1. The molecule has 0 aliphatic heterocycles. The Morgan fingerprint density at radius 1 is 0.837 bits per heavy atom. The maximum atomic E-state index is 11.5. The lowest BCUT2D eigenvalue weighted by molar-refractivity contribution is -0.207. The van der Waals surface area contributed by atoms with Gasteiger partial charge in [0.1, 0.15) is 5.75 Å². The van der Waals surface area contributed by atoms with Crippen molar-refractivity contribution in [3.05, 3.63) is 29.3 Å². The molecule has 7 aliphatic carbocycles. The van der Waals surface area contributed by atoms with E-state index in [2.05, 4.69) is 33.8 Å². The summed E-state index contributed by atoms with van der Waals surface area (Å²) in [5, 5.41) is 62.1. The third-order valence-corrected chi connectivity index (χ3v) is 17.0. The highest BCUT2D eigenvalue weighted by Gasteiger charge is 2.65. The van der Waals surface area contributed by atoms with E-state index in [0.29, 0.717) is 47.7 Å². The van der Waals surface area contributed by atoms with Gasteiger partial charge in [-0.2, -0.15) is 0 Å². The fourth-order valence-corrected chi connectivity index (χ4v) is 14.2. The lowest BCUT2D eigenvalue weighted by Gasteiger charge is -2.63. The summed E-state index contributed by atoms with van der Waals surface area (Å²) in [7, 11) is 0. The van der Waals surface area contributed by atoms with E-state index in [-0.39, 0.29) is 52.8 Å². The number of benzene rings is 1. The Balaban J connectivity index is 0.000000165. The lowest BCUT2D eigenvalue weighted by Crippen LogP contribution is -2.62. The molecule has 0 heterocycles. The fourth-order valence-electron chi connectivity index (χ4n) is 14.2. The van der Waals surface area contributed by atoms with Crippen molar-refractivity contribution in [2.24, 2.45) is 63.6 Å². The van der Waals surface area contributed by atoms with Crippen molar-refractivity contribution in [1.82, 2.24) is 0 Å². The number of aryl methyl sites for hydroxylation is 1. The number of carboxylic acid groups (broad SMARTS) is 1. The van der Waals surface area contributed by atoms with Gasteiger partial charge in [-0.15, -0.1) is 0 Å². The second-order valence-corrected chi connectivity index (χ2v) is 18.9. The molecule has 49 heavy (non-hydrogen) atoms. The highest BCUT2D eigenvalue weighted by molar-refractivity contribution is 5.66. The van der Waals surface area contributed by atoms with Crippen LogP contribution in [0.1, 0.15) is 135 Å². The maximum Gasteiger partial charge on any atom is 0.303 e. The number of aromatic hydroxyl groups is 1. The van der Waals surface area contributed by atoms with Crippen molar-refractivity contribution in [2.45, 2.75) is 154 Å². The molecule has 1 aromatic carbocycles. The SMILES string of the molecule is C[C@H](CCC(=O)O)[C@H]1CC[C@H]2[C@@H]3[C@H](O)C[C@@H]4C[C@H](O)CC[C@]4(C)[C@H]3C[C@H](O)[C@]12C.C[C@]12CC[C@@H]3c4ccc(O)cc4CC[C@H]3[C@@H]1CC[C@@H]2O. The van der Waals surface area contributed by atoms with Gasteiger partial charge < -0.3 is 30.6 Å². The van der Waals surface area contributed by atoms with Crippen LogP contribution in [-0.2, 0) is 11.2 Å². The zero-order valence-corrected chi connectivity index (χ0v) is 30.4. The molecule has 0 aromatic heterocycles. The van der Waals surface area contributed by atoms with E-state index in [1.807, 2.05) is 12.1 Å². The number of hydrogen-bond acceptors (Lipinski definition) is 6. The Bertz CT molecular complexity index is 1380. The van der Waals surface area contributed by atoms with Gasteiger partial charge in [-0.05, 0) is 183 Å². The summed E-state index contributed by atoms with van der Waals surface area (Å²) in [5.74, 6) is 3.49. The van der Waals surface area contributed by atoms with Crippen LogP contribution >= 0.6 is 0 Å². The van der Waals surface area contributed by atoms with Crippen molar-refractivity contribution in [3.8, 4) is 5.75 Å². The summed E-state index contributed by atoms with van der Waals surface area (Å²) in [5.41, 5.74) is 2.85. The van der Waals surface area contributed by atoms with Gasteiger partial charge in [-0.1, -0.05) is 33.8 Å². The van der Waals surface area contributed by atoms with Crippen LogP contribution in [0.25, 0.3) is 0 Å². The molecule has 7 nitrogen and oxygen atoms in total. The largest absolute Gasteiger partial charge is 0.508 e. The van der Waals surface area contributed by atoms with Crippen LogP contribution < -0.4 is 0 Å². The predicted octanol–water partition coefficient (Wildman–Crippen LogP) is 7.06. The van der Waals surface area contributed by atoms with Crippen molar-refractivity contribution < 1.29 is 35.4 Å². The molecule has 0 unspecified atom stereocenters. The monoisotopic (exact) mass is 680 g/mol. The van der Waals surface area contributed by atoms with Crippen LogP contribution in [0.15, 0.2) is 18.2 Å². The smallest absolute Gasteiger partial charge is 0.303 e. The maximum absolute atomic E-state index is 11.5. The molecule has 0 saturated heterocycles. The molecule has 6 saturated carbocycles. The first kappa shape index (κ1) is 35.7. The number of aliphatic hydroxyl groups is 4. The molecule has 16 atom stereocenters. The van der Waals surface area contributed by atoms with Crippen LogP contribution in [0.3, 0.4) is 0 Å². The van der Waals surface area contributed by atoms with Crippen molar-refractivity contribution in [1.29, 1.82) is 0 Å². The van der Waals surface area contributed by atoms with E-state index in [0.717, 1.165) is 70.1 Å². The van der Waals surface area contributed by atoms with E-state index in [1.54, 1.807) is 0 Å². The fraction of sp³-hybridized carbons (Fsp3) is 0.833. The molecule has 0 bridgehead atoms. The quantitative estimate of drug-likeness (QED) is 0.200. The second-order valence-electron chi connectivity index (χ2n) is 18.9. The molecule has 274 valence electrons. The van der Waals surface area contributed by atoms with Crippen LogP contribution in [0.4, 0.5) is 0 Å². The van der Waals surface area contributed by atoms with Gasteiger partial charge in [0, 0.05) is 6.42 Å². The zero-order valence-electron chi connectivity index (χ0n) is 30.4. The normalized spacial score (nSPS) is 48.7. The highest BCUT2D eigenvalue weighted by Crippen LogP contribution is 2.68. The summed E-state index contributed by atoms with van der Waals surface area (Å²) < 4.78 is 0. The zero-order chi connectivity index (χ0) is 35.0. The van der Waals surface area contributed by atoms with Crippen molar-refractivity contribution in [3.63, 3.8) is 0 Å². The second kappa shape index (κ2) is 13.1. The number of rotatable bonds is 4. The minimum Gasteiger partial charge on any atom is -0.508 e. The molecular formula is C42H64O7.